The van der Waals surface area contributed by atoms with E-state index in [0.29, 0.717) is 6.54 Å². The summed E-state index contributed by atoms with van der Waals surface area (Å²) in [4.78, 5) is 37.8. The minimum Gasteiger partial charge on any atom is -0.355 e. The summed E-state index contributed by atoms with van der Waals surface area (Å²) in [6.45, 7) is 2.28. The molecule has 0 fully saturated rings. The van der Waals surface area contributed by atoms with Crippen LogP contribution < -0.4 is 10.9 Å². The van der Waals surface area contributed by atoms with Crippen LogP contribution in [0.2, 0.25) is 0 Å². The molecule has 92 valence electrons. The zero-order valence-electron chi connectivity index (χ0n) is 9.82. The third kappa shape index (κ3) is 3.75. The Labute approximate surface area is 98.6 Å². The third-order valence-corrected chi connectivity index (χ3v) is 2.10. The first kappa shape index (κ1) is 13.0. The van der Waals surface area contributed by atoms with E-state index in [0.717, 1.165) is 0 Å². The number of aromatic amines is 1. The average Bonchev–Trinajstić information content (AvgIpc) is 2.28. The van der Waals surface area contributed by atoms with Crippen LogP contribution in [0.25, 0.3) is 0 Å². The molecule has 2 N–H and O–H groups in total. The quantitative estimate of drug-likeness (QED) is 0.746. The van der Waals surface area contributed by atoms with Gasteiger partial charge in [0.05, 0.1) is 6.54 Å². The summed E-state index contributed by atoms with van der Waals surface area (Å²) in [6.07, 6.45) is 0. The maximum absolute atomic E-state index is 11.8. The van der Waals surface area contributed by atoms with E-state index in [2.05, 4.69) is 10.3 Å². The zero-order valence-corrected chi connectivity index (χ0v) is 9.82. The highest BCUT2D eigenvalue weighted by molar-refractivity contribution is 5.94. The smallest absolute Gasteiger partial charge is 0.270 e. The highest BCUT2D eigenvalue weighted by atomic mass is 16.2. The van der Waals surface area contributed by atoms with Gasteiger partial charge in [0.25, 0.3) is 5.91 Å². The molecular formula is C11H15N3O3. The largest absolute Gasteiger partial charge is 0.355 e. The molecule has 1 aromatic rings. The van der Waals surface area contributed by atoms with Crippen LogP contribution in [-0.4, -0.2) is 41.8 Å². The second-order valence-electron chi connectivity index (χ2n) is 3.54. The van der Waals surface area contributed by atoms with Crippen molar-refractivity contribution in [3.63, 3.8) is 0 Å². The van der Waals surface area contributed by atoms with E-state index >= 15 is 0 Å². The monoisotopic (exact) mass is 237 g/mol. The van der Waals surface area contributed by atoms with E-state index in [-0.39, 0.29) is 23.7 Å². The molecule has 0 aromatic carbocycles. The van der Waals surface area contributed by atoms with Crippen molar-refractivity contribution in [3.05, 3.63) is 34.2 Å². The number of carbonyl (C=O) groups is 2. The number of nitrogens with zero attached hydrogens (tertiary/aromatic N) is 1. The van der Waals surface area contributed by atoms with Gasteiger partial charge in [0.15, 0.2) is 0 Å². The fraction of sp³-hybridized carbons (Fsp3) is 0.364. The molecule has 6 nitrogen and oxygen atoms in total. The number of aromatic nitrogens is 1. The summed E-state index contributed by atoms with van der Waals surface area (Å²) in [7, 11) is 1.50. The summed E-state index contributed by atoms with van der Waals surface area (Å²) in [6, 6.07) is 4.31. The van der Waals surface area contributed by atoms with Crippen LogP contribution in [0.4, 0.5) is 0 Å². The van der Waals surface area contributed by atoms with E-state index in [4.69, 9.17) is 0 Å². The van der Waals surface area contributed by atoms with Gasteiger partial charge in [0, 0.05) is 19.7 Å². The Morgan fingerprint density at radius 3 is 2.71 bits per heavy atom. The Balaban J connectivity index is 2.70. The molecule has 0 spiro atoms. The molecule has 1 heterocycles. The molecule has 0 saturated carbocycles. The van der Waals surface area contributed by atoms with Gasteiger partial charge in [-0.25, -0.2) is 0 Å². The van der Waals surface area contributed by atoms with Gasteiger partial charge in [-0.05, 0) is 13.0 Å². The Morgan fingerprint density at radius 1 is 1.41 bits per heavy atom. The van der Waals surface area contributed by atoms with Gasteiger partial charge in [-0.1, -0.05) is 6.07 Å². The highest BCUT2D eigenvalue weighted by Gasteiger charge is 2.14. The molecule has 2 amide bonds. The van der Waals surface area contributed by atoms with Crippen LogP contribution >= 0.6 is 0 Å². The number of nitrogens with one attached hydrogen (secondary N) is 2. The predicted molar refractivity (Wildman–Crippen MR) is 62.7 cm³/mol. The number of rotatable bonds is 4. The molecule has 0 unspecified atom stereocenters. The van der Waals surface area contributed by atoms with Gasteiger partial charge in [0.1, 0.15) is 5.69 Å². The third-order valence-electron chi connectivity index (χ3n) is 2.10. The van der Waals surface area contributed by atoms with Gasteiger partial charge in [0.2, 0.25) is 11.5 Å². The number of amides is 2. The lowest BCUT2D eigenvalue weighted by molar-refractivity contribution is -0.121. The van der Waals surface area contributed by atoms with Crippen LogP contribution in [0.1, 0.15) is 17.4 Å². The molecule has 1 aromatic heterocycles. The van der Waals surface area contributed by atoms with Crippen molar-refractivity contribution < 1.29 is 9.59 Å². The van der Waals surface area contributed by atoms with Crippen molar-refractivity contribution in [3.8, 4) is 0 Å². The first-order valence-electron chi connectivity index (χ1n) is 5.26. The second kappa shape index (κ2) is 5.83. The molecule has 0 radical (unpaired) electrons. The Bertz CT molecular complexity index is 467. The SMILES string of the molecule is CCNC(=O)CN(C)C(=O)c1cccc(=O)[nH]1. The number of pyridine rings is 1. The van der Waals surface area contributed by atoms with E-state index in [1.54, 1.807) is 6.92 Å². The molecular weight excluding hydrogens is 222 g/mol. The van der Waals surface area contributed by atoms with Crippen molar-refractivity contribution in [1.82, 2.24) is 15.2 Å². The normalized spacial score (nSPS) is 9.76. The maximum atomic E-state index is 11.8. The molecule has 0 aliphatic heterocycles. The number of H-pyrrole nitrogens is 1. The number of carbonyl (C=O) groups excluding carboxylic acids is 2. The van der Waals surface area contributed by atoms with Gasteiger partial charge in [-0.15, -0.1) is 0 Å². The minimum absolute atomic E-state index is 0.0381. The van der Waals surface area contributed by atoms with Crippen molar-refractivity contribution in [2.75, 3.05) is 20.1 Å². The Hall–Kier alpha value is -2.11. The second-order valence-corrected chi connectivity index (χ2v) is 3.54. The number of hydrogen-bond acceptors (Lipinski definition) is 3. The average molecular weight is 237 g/mol. The number of likely N-dealkylation sites (N-methyl/N-ethyl adjacent to an activating group) is 2. The molecule has 6 heteroatoms. The van der Waals surface area contributed by atoms with E-state index in [1.165, 1.54) is 30.1 Å². The predicted octanol–water partition coefficient (Wildman–Crippen LogP) is -0.417. The lowest BCUT2D eigenvalue weighted by Crippen LogP contribution is -2.38. The summed E-state index contributed by atoms with van der Waals surface area (Å²) < 4.78 is 0. The van der Waals surface area contributed by atoms with Crippen LogP contribution in [0, 0.1) is 0 Å². The topological polar surface area (TPSA) is 82.3 Å². The first-order valence-corrected chi connectivity index (χ1v) is 5.26. The van der Waals surface area contributed by atoms with Crippen molar-refractivity contribution in [2.24, 2.45) is 0 Å². The highest BCUT2D eigenvalue weighted by Crippen LogP contribution is 1.96. The maximum Gasteiger partial charge on any atom is 0.270 e. The van der Waals surface area contributed by atoms with Gasteiger partial charge >= 0.3 is 0 Å². The lowest BCUT2D eigenvalue weighted by Gasteiger charge is -2.16. The molecule has 0 saturated heterocycles. The fourth-order valence-corrected chi connectivity index (χ4v) is 1.32. The van der Waals surface area contributed by atoms with Crippen LogP contribution in [0.5, 0.6) is 0 Å². The summed E-state index contributed by atoms with van der Waals surface area (Å²) in [5.74, 6) is -0.629. The summed E-state index contributed by atoms with van der Waals surface area (Å²) >= 11 is 0. The Morgan fingerprint density at radius 2 is 2.12 bits per heavy atom. The van der Waals surface area contributed by atoms with Gasteiger partial charge < -0.3 is 15.2 Å². The summed E-state index contributed by atoms with van der Waals surface area (Å²) in [5.41, 5.74) is -0.174. The minimum atomic E-state index is -0.394. The van der Waals surface area contributed by atoms with Crippen molar-refractivity contribution in [1.29, 1.82) is 0 Å². The molecule has 0 bridgehead atoms. The molecule has 0 aliphatic rings. The van der Waals surface area contributed by atoms with Gasteiger partial charge in [-0.2, -0.15) is 0 Å². The van der Waals surface area contributed by atoms with E-state index in [9.17, 15) is 14.4 Å². The molecule has 0 aliphatic carbocycles. The number of hydrogen-bond donors (Lipinski definition) is 2. The van der Waals surface area contributed by atoms with Crippen LogP contribution in [0.15, 0.2) is 23.0 Å². The van der Waals surface area contributed by atoms with Crippen LogP contribution in [-0.2, 0) is 4.79 Å². The first-order chi connectivity index (χ1) is 8.04. The summed E-state index contributed by atoms with van der Waals surface area (Å²) in [5, 5.41) is 2.59. The van der Waals surface area contributed by atoms with Crippen molar-refractivity contribution >= 4 is 11.8 Å². The van der Waals surface area contributed by atoms with Crippen LogP contribution in [0.3, 0.4) is 0 Å². The molecule has 0 atom stereocenters. The zero-order chi connectivity index (χ0) is 12.8. The van der Waals surface area contributed by atoms with E-state index in [1.807, 2.05) is 0 Å². The van der Waals surface area contributed by atoms with E-state index < -0.39 is 5.91 Å². The Kier molecular flexibility index (Phi) is 4.45. The fourth-order valence-electron chi connectivity index (χ4n) is 1.32. The molecule has 1 rings (SSSR count). The standard InChI is InChI=1S/C11H15N3O3/c1-3-12-10(16)7-14(2)11(17)8-5-4-6-9(15)13-8/h4-6H,3,7H2,1-2H3,(H,12,16)(H,13,15). The lowest BCUT2D eigenvalue weighted by atomic mass is 10.3. The molecule has 17 heavy (non-hydrogen) atoms. The van der Waals surface area contributed by atoms with Crippen molar-refractivity contribution in [2.45, 2.75) is 6.92 Å². The van der Waals surface area contributed by atoms with Gasteiger partial charge in [-0.3, -0.25) is 14.4 Å².